The molecule has 1 aliphatic heterocycles. The normalized spacial score (nSPS) is 17.3. The first kappa shape index (κ1) is 36.2. The lowest BCUT2D eigenvalue weighted by Crippen LogP contribution is -2.37. The van der Waals surface area contributed by atoms with Crippen molar-refractivity contribution < 1.29 is 18.6 Å². The molecule has 0 saturated heterocycles. The Labute approximate surface area is 300 Å². The van der Waals surface area contributed by atoms with E-state index in [4.69, 9.17) is 4.74 Å². The number of pyridine rings is 1. The van der Waals surface area contributed by atoms with Crippen molar-refractivity contribution in [1.82, 2.24) is 34.3 Å². The molecule has 0 radical (unpaired) electrons. The largest absolute Gasteiger partial charge is 0.472 e. The van der Waals surface area contributed by atoms with Gasteiger partial charge in [-0.1, -0.05) is 50.3 Å². The summed E-state index contributed by atoms with van der Waals surface area (Å²) in [6.45, 7) is 13.2. The van der Waals surface area contributed by atoms with Crippen molar-refractivity contribution in [2.45, 2.75) is 78.0 Å². The number of amides is 1. The molecule has 2 unspecified atom stereocenters. The van der Waals surface area contributed by atoms with Gasteiger partial charge in [0, 0.05) is 39.3 Å². The summed E-state index contributed by atoms with van der Waals surface area (Å²) >= 11 is 0. The lowest BCUT2D eigenvalue weighted by Gasteiger charge is -2.42. The van der Waals surface area contributed by atoms with Gasteiger partial charge >= 0.3 is 0 Å². The Balaban J connectivity index is 1.43. The lowest BCUT2D eigenvalue weighted by atomic mass is 9.69. The summed E-state index contributed by atoms with van der Waals surface area (Å²) in [5.74, 6) is 0.147. The molecule has 14 heteroatoms. The first-order valence-electron chi connectivity index (χ1n) is 17.1. The van der Waals surface area contributed by atoms with Crippen LogP contribution in [0.5, 0.6) is 5.88 Å². The van der Waals surface area contributed by atoms with Crippen LogP contribution < -0.4 is 15.0 Å². The minimum Gasteiger partial charge on any atom is -0.472 e. The molecule has 270 valence electrons. The highest BCUT2D eigenvalue weighted by Crippen LogP contribution is 2.57. The second-order valence-corrected chi connectivity index (χ2v) is 15.8. The number of aromatic nitrogens is 6. The van der Waals surface area contributed by atoms with E-state index < -0.39 is 22.1 Å². The van der Waals surface area contributed by atoms with Crippen molar-refractivity contribution in [2.24, 2.45) is 5.41 Å². The number of carbonyl (C=O) groups excluding carboxylic acids is 1. The summed E-state index contributed by atoms with van der Waals surface area (Å²) < 4.78 is 33.1. The Morgan fingerprint density at radius 3 is 2.53 bits per heavy atom. The van der Waals surface area contributed by atoms with E-state index in [1.807, 2.05) is 72.5 Å². The second kappa shape index (κ2) is 14.2. The highest BCUT2D eigenvalue weighted by atomic mass is 32.3. The number of fused-ring (bicyclic) bond motifs is 2. The Morgan fingerprint density at radius 2 is 1.84 bits per heavy atom. The number of benzene rings is 2. The summed E-state index contributed by atoms with van der Waals surface area (Å²) in [6.07, 6.45) is 5.19. The van der Waals surface area contributed by atoms with E-state index in [0.29, 0.717) is 31.1 Å². The van der Waals surface area contributed by atoms with E-state index in [-0.39, 0.29) is 29.3 Å². The Morgan fingerprint density at radius 1 is 1.10 bits per heavy atom. The number of nitrogens with zero attached hydrogens (tertiary/aromatic N) is 8. The number of aryl methyl sites for hydroxylation is 3. The van der Waals surface area contributed by atoms with Gasteiger partial charge in [0.15, 0.2) is 0 Å². The predicted molar refractivity (Wildman–Crippen MR) is 200 cm³/mol. The Kier molecular flexibility index (Phi) is 10.1. The van der Waals surface area contributed by atoms with Gasteiger partial charge in [0.2, 0.25) is 17.7 Å². The fourth-order valence-electron chi connectivity index (χ4n) is 6.69. The molecule has 5 aromatic rings. The van der Waals surface area contributed by atoms with Crippen molar-refractivity contribution in [3.05, 3.63) is 88.9 Å². The molecule has 1 amide bonds. The van der Waals surface area contributed by atoms with Crippen molar-refractivity contribution >= 4 is 39.4 Å². The summed E-state index contributed by atoms with van der Waals surface area (Å²) in [4.78, 5) is 29.5. The molecular formula is C37H47N9O4S. The van der Waals surface area contributed by atoms with Crippen LogP contribution in [0.2, 0.25) is 0 Å². The standard InChI is InChI=1S/C37H47N9O4S/c1-9-28-22-45(51(48,49)31-12-11-17-38-34(31)50-28)21-26-18-25(14-13-23(26)3)32(29-15-16-30-33(24(29)4)42-43-46(30)10-2)37(5,6)35(47)41-27-19-39-36(40-20-27)44(7)8/h11-20,28,32,48-49H,9-10,21-22H2,1-8H3,(H,41,47). The van der Waals surface area contributed by atoms with E-state index >= 15 is 0 Å². The van der Waals surface area contributed by atoms with Crippen LogP contribution >= 0.6 is 10.8 Å². The molecule has 0 saturated carbocycles. The van der Waals surface area contributed by atoms with E-state index in [1.54, 1.807) is 39.9 Å². The number of anilines is 2. The van der Waals surface area contributed by atoms with Crippen LogP contribution in [0.3, 0.4) is 0 Å². The summed E-state index contributed by atoms with van der Waals surface area (Å²) in [7, 11) is 0.286. The van der Waals surface area contributed by atoms with Crippen molar-refractivity contribution in [3.8, 4) is 5.88 Å². The fourth-order valence-corrected chi connectivity index (χ4v) is 8.26. The molecule has 6 rings (SSSR count). The third kappa shape index (κ3) is 6.88. The molecule has 3 N–H and O–H groups in total. The molecule has 0 bridgehead atoms. The third-order valence-corrected chi connectivity index (χ3v) is 11.7. The Hall–Kier alpha value is -4.63. The van der Waals surface area contributed by atoms with Crippen LogP contribution in [0.25, 0.3) is 11.0 Å². The van der Waals surface area contributed by atoms with Gasteiger partial charge in [0.05, 0.1) is 35.6 Å². The number of nitrogens with one attached hydrogen (secondary N) is 1. The van der Waals surface area contributed by atoms with Gasteiger partial charge in [-0.2, -0.15) is 4.31 Å². The van der Waals surface area contributed by atoms with Gasteiger partial charge in [0.25, 0.3) is 0 Å². The monoisotopic (exact) mass is 713 g/mol. The van der Waals surface area contributed by atoms with Crippen molar-refractivity contribution in [3.63, 3.8) is 0 Å². The number of carbonyl (C=O) groups is 1. The molecule has 1 aliphatic rings. The van der Waals surface area contributed by atoms with Gasteiger partial charge in [-0.05, 0) is 73.2 Å². The van der Waals surface area contributed by atoms with E-state index in [1.165, 1.54) is 0 Å². The minimum absolute atomic E-state index is 0.207. The molecule has 4 heterocycles. The second-order valence-electron chi connectivity index (χ2n) is 13.8. The summed E-state index contributed by atoms with van der Waals surface area (Å²) in [6, 6.07) is 13.6. The van der Waals surface area contributed by atoms with Gasteiger partial charge in [-0.25, -0.2) is 19.6 Å². The molecule has 0 aliphatic carbocycles. The third-order valence-electron chi connectivity index (χ3n) is 9.78. The molecular weight excluding hydrogens is 667 g/mol. The SMILES string of the molecule is CCC1CN(Cc2cc(C(c3ccc4c(nnn4CC)c3C)C(C)(C)C(=O)Nc3cnc(N(C)C)nc3)ccc2C)S(O)(O)c2cccnc2O1. The van der Waals surface area contributed by atoms with Gasteiger partial charge < -0.3 is 15.0 Å². The zero-order chi connectivity index (χ0) is 36.7. The van der Waals surface area contributed by atoms with Crippen LogP contribution in [-0.2, 0) is 17.9 Å². The summed E-state index contributed by atoms with van der Waals surface area (Å²) in [5.41, 5.74) is 5.87. The molecule has 51 heavy (non-hydrogen) atoms. The maximum absolute atomic E-state index is 14.3. The van der Waals surface area contributed by atoms with Crippen LogP contribution in [-0.4, -0.2) is 76.0 Å². The minimum atomic E-state index is -3.43. The first-order valence-corrected chi connectivity index (χ1v) is 18.6. The van der Waals surface area contributed by atoms with Crippen LogP contribution in [0.1, 0.15) is 67.9 Å². The first-order chi connectivity index (χ1) is 24.3. The van der Waals surface area contributed by atoms with Gasteiger partial charge in [-0.15, -0.1) is 15.9 Å². The smallest absolute Gasteiger partial charge is 0.239 e. The highest BCUT2D eigenvalue weighted by Gasteiger charge is 2.41. The average molecular weight is 714 g/mol. The number of rotatable bonds is 10. The zero-order valence-electron chi connectivity index (χ0n) is 30.5. The average Bonchev–Trinajstić information content (AvgIpc) is 3.50. The molecule has 0 spiro atoms. The summed E-state index contributed by atoms with van der Waals surface area (Å²) in [5, 5.41) is 12.0. The van der Waals surface area contributed by atoms with Crippen molar-refractivity contribution in [2.75, 3.05) is 30.9 Å². The molecule has 0 fully saturated rings. The zero-order valence-corrected chi connectivity index (χ0v) is 31.3. The molecule has 13 nitrogen and oxygen atoms in total. The van der Waals surface area contributed by atoms with E-state index in [2.05, 4.69) is 48.8 Å². The molecule has 2 atom stereocenters. The fraction of sp³-hybridized carbons (Fsp3) is 0.405. The molecule has 3 aromatic heterocycles. The van der Waals surface area contributed by atoms with Gasteiger partial charge in [0.1, 0.15) is 16.5 Å². The molecule has 2 aromatic carbocycles. The maximum atomic E-state index is 14.3. The maximum Gasteiger partial charge on any atom is 0.239 e. The van der Waals surface area contributed by atoms with Gasteiger partial charge in [-0.3, -0.25) is 13.9 Å². The quantitative estimate of drug-likeness (QED) is 0.140. The topological polar surface area (TPSA) is 155 Å². The number of ether oxygens (including phenoxy) is 1. The van der Waals surface area contributed by atoms with E-state index in [0.717, 1.165) is 38.9 Å². The lowest BCUT2D eigenvalue weighted by molar-refractivity contribution is -0.124. The highest BCUT2D eigenvalue weighted by molar-refractivity contribution is 8.22. The predicted octanol–water partition coefficient (Wildman–Crippen LogP) is 6.81. The van der Waals surface area contributed by atoms with E-state index in [9.17, 15) is 13.9 Å². The van der Waals surface area contributed by atoms with Crippen LogP contribution in [0.15, 0.2) is 66.0 Å². The number of hydrogen-bond acceptors (Lipinski definition) is 11. The number of hydrogen-bond donors (Lipinski definition) is 3. The van der Waals surface area contributed by atoms with Crippen molar-refractivity contribution in [1.29, 1.82) is 0 Å². The van der Waals surface area contributed by atoms with Crippen LogP contribution in [0.4, 0.5) is 11.6 Å². The van der Waals surface area contributed by atoms with Crippen LogP contribution in [0, 0.1) is 19.3 Å². The Bertz CT molecular complexity index is 2050.